The van der Waals surface area contributed by atoms with Crippen LogP contribution in [-0.4, -0.2) is 73.7 Å². The molecular weight excluding hydrogens is 460 g/mol. The molecule has 0 spiro atoms. The van der Waals surface area contributed by atoms with Gasteiger partial charge in [-0.3, -0.25) is 9.59 Å². The lowest BCUT2D eigenvalue weighted by Gasteiger charge is -2.24. The van der Waals surface area contributed by atoms with Crippen molar-refractivity contribution in [1.29, 1.82) is 0 Å². The number of nitrogens with one attached hydrogen (secondary N) is 2. The number of benzene rings is 2. The monoisotopic (exact) mass is 500 g/mol. The Labute approximate surface area is 216 Å². The first kappa shape index (κ1) is 28.8. The lowest BCUT2D eigenvalue weighted by molar-refractivity contribution is 0.0980. The van der Waals surface area contributed by atoms with Crippen molar-refractivity contribution in [3.05, 3.63) is 58.7 Å². The number of carbonyl (C=O) groups excluding carboxylic acids is 2. The molecule has 0 unspecified atom stereocenters. The number of nitrogens with zero attached hydrogens (tertiary/aromatic N) is 2. The van der Waals surface area contributed by atoms with Crippen LogP contribution in [0.4, 0.5) is 11.4 Å². The van der Waals surface area contributed by atoms with Crippen molar-refractivity contribution in [2.45, 2.75) is 40.5 Å². The molecule has 192 valence electrons. The number of ketones is 2. The van der Waals surface area contributed by atoms with Gasteiger partial charge in [0.05, 0.1) is 11.1 Å². The highest BCUT2D eigenvalue weighted by Gasteiger charge is 2.33. The lowest BCUT2D eigenvalue weighted by atomic mass is 9.82. The summed E-state index contributed by atoms with van der Waals surface area (Å²) >= 11 is 0. The molecule has 0 atom stereocenters. The Morgan fingerprint density at radius 2 is 1.00 bits per heavy atom. The molecule has 2 aromatic rings. The summed E-state index contributed by atoms with van der Waals surface area (Å²) < 4.78 is 0. The van der Waals surface area contributed by atoms with E-state index in [2.05, 4.69) is 48.1 Å². The van der Waals surface area contributed by atoms with Crippen molar-refractivity contribution in [3.63, 3.8) is 0 Å². The topological polar surface area (TPSA) is 64.7 Å². The van der Waals surface area contributed by atoms with E-state index < -0.39 is 0 Å². The van der Waals surface area contributed by atoms with Crippen LogP contribution in [0, 0.1) is 0 Å². The van der Waals surface area contributed by atoms with Crippen LogP contribution in [0.25, 0.3) is 0 Å². The normalized spacial score (nSPS) is 12.4. The number of hydrogen-bond donors (Lipinski definition) is 2. The van der Waals surface area contributed by atoms with Gasteiger partial charge in [0.25, 0.3) is 0 Å². The number of carbonyl (C=O) groups is 2. The van der Waals surface area contributed by atoms with Crippen LogP contribution in [-0.2, 0) is 0 Å². The number of halogens is 1. The third-order valence-electron chi connectivity index (χ3n) is 6.79. The van der Waals surface area contributed by atoms with Gasteiger partial charge in [0, 0.05) is 35.6 Å². The van der Waals surface area contributed by atoms with Gasteiger partial charge < -0.3 is 20.4 Å². The molecule has 0 saturated carbocycles. The predicted molar refractivity (Wildman–Crippen MR) is 149 cm³/mol. The van der Waals surface area contributed by atoms with Crippen molar-refractivity contribution in [3.8, 4) is 0 Å². The minimum absolute atomic E-state index is 0. The minimum Gasteiger partial charge on any atom is -0.384 e. The molecule has 2 aromatic carbocycles. The van der Waals surface area contributed by atoms with Crippen LogP contribution >= 0.6 is 12.4 Å². The predicted octanol–water partition coefficient (Wildman–Crippen LogP) is 5.17. The molecule has 0 saturated heterocycles. The summed E-state index contributed by atoms with van der Waals surface area (Å²) in [6.45, 7) is 16.3. The minimum atomic E-state index is -0.0803. The Morgan fingerprint density at radius 1 is 0.629 bits per heavy atom. The summed E-state index contributed by atoms with van der Waals surface area (Å²) in [5.74, 6) is -0.161. The average molecular weight is 501 g/mol. The van der Waals surface area contributed by atoms with Gasteiger partial charge in [0.15, 0.2) is 11.6 Å². The Hall–Kier alpha value is -2.41. The van der Waals surface area contributed by atoms with E-state index in [0.717, 1.165) is 76.6 Å². The highest BCUT2D eigenvalue weighted by molar-refractivity contribution is 6.31. The van der Waals surface area contributed by atoms with Gasteiger partial charge in [-0.15, -0.1) is 12.4 Å². The zero-order valence-corrected chi connectivity index (χ0v) is 22.5. The number of anilines is 2. The Balaban J connectivity index is 0.00000432. The number of fused-ring (bicyclic) bond motifs is 2. The summed E-state index contributed by atoms with van der Waals surface area (Å²) in [6.07, 6.45) is 1.96. The fourth-order valence-electron chi connectivity index (χ4n) is 4.67. The van der Waals surface area contributed by atoms with E-state index in [1.807, 2.05) is 24.3 Å². The van der Waals surface area contributed by atoms with Gasteiger partial charge in [0.1, 0.15) is 0 Å². The quantitative estimate of drug-likeness (QED) is 0.298. The van der Waals surface area contributed by atoms with Crippen LogP contribution in [0.5, 0.6) is 0 Å². The van der Waals surface area contributed by atoms with Crippen molar-refractivity contribution in [2.24, 2.45) is 0 Å². The Kier molecular flexibility index (Phi) is 11.7. The van der Waals surface area contributed by atoms with E-state index in [1.54, 1.807) is 12.1 Å². The molecule has 0 amide bonds. The first-order valence-electron chi connectivity index (χ1n) is 12.8. The van der Waals surface area contributed by atoms with E-state index in [9.17, 15) is 9.59 Å². The molecule has 3 rings (SSSR count). The third kappa shape index (κ3) is 6.84. The fourth-order valence-corrected chi connectivity index (χ4v) is 4.67. The van der Waals surface area contributed by atoms with Gasteiger partial charge in [-0.1, -0.05) is 52.0 Å². The summed E-state index contributed by atoms with van der Waals surface area (Å²) in [5.41, 5.74) is 3.48. The molecule has 0 radical (unpaired) electrons. The third-order valence-corrected chi connectivity index (χ3v) is 6.79. The van der Waals surface area contributed by atoms with Gasteiger partial charge >= 0.3 is 0 Å². The lowest BCUT2D eigenvalue weighted by Crippen LogP contribution is -2.27. The first-order valence-corrected chi connectivity index (χ1v) is 12.8. The molecule has 0 fully saturated rings. The molecule has 7 heteroatoms. The van der Waals surface area contributed by atoms with Crippen LogP contribution in [0.15, 0.2) is 36.4 Å². The zero-order valence-electron chi connectivity index (χ0n) is 21.7. The maximum atomic E-state index is 13.5. The van der Waals surface area contributed by atoms with Gasteiger partial charge in [-0.25, -0.2) is 0 Å². The van der Waals surface area contributed by atoms with Gasteiger partial charge in [-0.05, 0) is 64.2 Å². The zero-order chi connectivity index (χ0) is 24.5. The van der Waals surface area contributed by atoms with E-state index in [0.29, 0.717) is 22.3 Å². The van der Waals surface area contributed by atoms with Crippen LogP contribution in [0.1, 0.15) is 72.4 Å². The second kappa shape index (κ2) is 14.2. The van der Waals surface area contributed by atoms with E-state index in [4.69, 9.17) is 0 Å². The number of hydrogen-bond acceptors (Lipinski definition) is 6. The molecule has 35 heavy (non-hydrogen) atoms. The first-order chi connectivity index (χ1) is 16.5. The van der Waals surface area contributed by atoms with E-state index in [-0.39, 0.29) is 24.0 Å². The van der Waals surface area contributed by atoms with E-state index in [1.165, 1.54) is 0 Å². The molecule has 0 aromatic heterocycles. The molecule has 0 aliphatic heterocycles. The summed E-state index contributed by atoms with van der Waals surface area (Å²) in [7, 11) is 0. The highest BCUT2D eigenvalue weighted by Crippen LogP contribution is 2.35. The second-order valence-electron chi connectivity index (χ2n) is 8.73. The molecule has 2 N–H and O–H groups in total. The summed E-state index contributed by atoms with van der Waals surface area (Å²) in [4.78, 5) is 31.8. The van der Waals surface area contributed by atoms with Crippen LogP contribution < -0.4 is 10.6 Å². The molecule has 0 bridgehead atoms. The Morgan fingerprint density at radius 3 is 1.34 bits per heavy atom. The largest absolute Gasteiger partial charge is 0.384 e. The Bertz CT molecular complexity index is 907. The van der Waals surface area contributed by atoms with Crippen molar-refractivity contribution < 1.29 is 9.59 Å². The van der Waals surface area contributed by atoms with Crippen LogP contribution in [0.3, 0.4) is 0 Å². The maximum Gasteiger partial charge on any atom is 0.196 e. The smallest absolute Gasteiger partial charge is 0.196 e. The van der Waals surface area contributed by atoms with E-state index >= 15 is 0 Å². The SMILES string of the molecule is CCN(CC)CCCNc1cccc2c1C(=O)c1cccc(NCCCN(CC)CC)c1C2=O.Cl. The van der Waals surface area contributed by atoms with Gasteiger partial charge in [0.2, 0.25) is 0 Å². The maximum absolute atomic E-state index is 13.5. The highest BCUT2D eigenvalue weighted by atomic mass is 35.5. The molecule has 6 nitrogen and oxygen atoms in total. The molecular formula is C28H41ClN4O2. The van der Waals surface area contributed by atoms with Gasteiger partial charge in [-0.2, -0.15) is 0 Å². The standard InChI is InChI=1S/C28H40N4O2.ClH/c1-5-31(6-2)19-11-17-29-23-15-9-13-21-25(23)27(33)22-14-10-16-24(26(22)28(21)34)30-18-12-20-32(7-3)8-4;/h9-10,13-16,29-30H,5-8,11-12,17-20H2,1-4H3;1H. The number of rotatable bonds is 14. The molecule has 1 aliphatic rings. The summed E-state index contributed by atoms with van der Waals surface area (Å²) in [6, 6.07) is 11.1. The molecule has 0 heterocycles. The molecule has 1 aliphatic carbocycles. The summed E-state index contributed by atoms with van der Waals surface area (Å²) in [5, 5.41) is 6.83. The second-order valence-corrected chi connectivity index (χ2v) is 8.73. The fraction of sp³-hybridized carbons (Fsp3) is 0.500. The van der Waals surface area contributed by atoms with Crippen molar-refractivity contribution >= 4 is 35.3 Å². The van der Waals surface area contributed by atoms with Crippen molar-refractivity contribution in [2.75, 3.05) is 63.0 Å². The van der Waals surface area contributed by atoms with Crippen LogP contribution in [0.2, 0.25) is 0 Å². The van der Waals surface area contributed by atoms with Crippen molar-refractivity contribution in [1.82, 2.24) is 9.80 Å². The average Bonchev–Trinajstić information content (AvgIpc) is 2.87.